The van der Waals surface area contributed by atoms with E-state index < -0.39 is 5.41 Å². The Kier molecular flexibility index (Phi) is 8.69. The maximum absolute atomic E-state index is 13.3. The summed E-state index contributed by atoms with van der Waals surface area (Å²) in [4.78, 5) is 20.3. The first-order valence-electron chi connectivity index (χ1n) is 13.1. The SMILES string of the molecule is CCOc1cc(C(C)(C)C(=O)N(CC)CC)ccc1C1=N[C@@H](c2ccc(Cl)cc2)[C@@H](c2ccc(Cl)cc2)N1. The predicted octanol–water partition coefficient (Wildman–Crippen LogP) is 7.37. The Morgan fingerprint density at radius 3 is 2.05 bits per heavy atom. The summed E-state index contributed by atoms with van der Waals surface area (Å²) < 4.78 is 6.11. The first-order chi connectivity index (χ1) is 18.2. The van der Waals surface area contributed by atoms with Gasteiger partial charge in [0.2, 0.25) is 5.91 Å². The van der Waals surface area contributed by atoms with Crippen molar-refractivity contribution in [2.24, 2.45) is 4.99 Å². The van der Waals surface area contributed by atoms with E-state index >= 15 is 0 Å². The third-order valence-electron chi connectivity index (χ3n) is 7.16. The number of rotatable bonds is 9. The van der Waals surface area contributed by atoms with Gasteiger partial charge in [-0.3, -0.25) is 9.79 Å². The number of benzene rings is 3. The van der Waals surface area contributed by atoms with Crippen LogP contribution in [0, 0.1) is 0 Å². The van der Waals surface area contributed by atoms with E-state index in [9.17, 15) is 4.79 Å². The number of carbonyl (C=O) groups excluding carboxylic acids is 1. The molecule has 1 N–H and O–H groups in total. The third kappa shape index (κ3) is 5.69. The van der Waals surface area contributed by atoms with Gasteiger partial charge >= 0.3 is 0 Å². The molecule has 0 unspecified atom stereocenters. The van der Waals surface area contributed by atoms with Crippen molar-refractivity contribution in [1.82, 2.24) is 10.2 Å². The molecule has 0 spiro atoms. The highest BCUT2D eigenvalue weighted by molar-refractivity contribution is 6.30. The largest absolute Gasteiger partial charge is 0.493 e. The first-order valence-corrected chi connectivity index (χ1v) is 13.9. The van der Waals surface area contributed by atoms with E-state index in [4.69, 9.17) is 32.9 Å². The van der Waals surface area contributed by atoms with E-state index in [0.29, 0.717) is 35.5 Å². The van der Waals surface area contributed by atoms with Crippen molar-refractivity contribution < 1.29 is 9.53 Å². The molecule has 38 heavy (non-hydrogen) atoms. The zero-order chi connectivity index (χ0) is 27.4. The average molecular weight is 553 g/mol. The highest BCUT2D eigenvalue weighted by atomic mass is 35.5. The molecule has 3 aromatic rings. The van der Waals surface area contributed by atoms with Crippen LogP contribution in [0.4, 0.5) is 0 Å². The molecule has 0 bridgehead atoms. The molecule has 0 aromatic heterocycles. The molecule has 0 fully saturated rings. The van der Waals surface area contributed by atoms with E-state index in [1.54, 1.807) is 0 Å². The maximum atomic E-state index is 13.3. The molecule has 4 rings (SSSR count). The van der Waals surface area contributed by atoms with E-state index in [1.165, 1.54) is 0 Å². The fourth-order valence-electron chi connectivity index (χ4n) is 4.90. The van der Waals surface area contributed by atoms with E-state index in [-0.39, 0.29) is 18.0 Å². The lowest BCUT2D eigenvalue weighted by atomic mass is 9.82. The summed E-state index contributed by atoms with van der Waals surface area (Å²) >= 11 is 12.3. The van der Waals surface area contributed by atoms with E-state index in [0.717, 1.165) is 28.1 Å². The van der Waals surface area contributed by atoms with Crippen LogP contribution in [0.25, 0.3) is 0 Å². The van der Waals surface area contributed by atoms with Crippen molar-refractivity contribution in [2.45, 2.75) is 52.1 Å². The van der Waals surface area contributed by atoms with Crippen LogP contribution in [0.15, 0.2) is 71.7 Å². The summed E-state index contributed by atoms with van der Waals surface area (Å²) in [7, 11) is 0. The van der Waals surface area contributed by atoms with Crippen LogP contribution in [0.3, 0.4) is 0 Å². The summed E-state index contributed by atoms with van der Waals surface area (Å²) in [6.07, 6.45) is 0. The average Bonchev–Trinajstić information content (AvgIpc) is 3.35. The second-order valence-electron chi connectivity index (χ2n) is 9.89. The van der Waals surface area contributed by atoms with Crippen LogP contribution in [0.2, 0.25) is 10.0 Å². The molecule has 1 heterocycles. The van der Waals surface area contributed by atoms with Gasteiger partial charge in [0.05, 0.1) is 23.6 Å². The molecule has 1 aliphatic rings. The minimum absolute atomic E-state index is 0.0969. The number of amidine groups is 1. The number of likely N-dealkylation sites (N-methyl/N-ethyl adjacent to an activating group) is 1. The number of aliphatic imine (C=N–C) groups is 1. The minimum Gasteiger partial charge on any atom is -0.493 e. The molecular formula is C31H35Cl2N3O2. The number of hydrogen-bond acceptors (Lipinski definition) is 4. The minimum atomic E-state index is -0.695. The molecule has 0 saturated carbocycles. The van der Waals surface area contributed by atoms with Crippen molar-refractivity contribution in [3.8, 4) is 5.75 Å². The molecule has 0 aliphatic carbocycles. The monoisotopic (exact) mass is 551 g/mol. The van der Waals surface area contributed by atoms with Crippen molar-refractivity contribution in [2.75, 3.05) is 19.7 Å². The van der Waals surface area contributed by atoms with Gasteiger partial charge in [-0.2, -0.15) is 0 Å². The van der Waals surface area contributed by atoms with E-state index in [2.05, 4.69) is 5.32 Å². The second-order valence-corrected chi connectivity index (χ2v) is 10.8. The number of nitrogens with one attached hydrogen (secondary N) is 1. The molecule has 0 saturated heterocycles. The Hall–Kier alpha value is -3.02. The lowest BCUT2D eigenvalue weighted by Gasteiger charge is -2.31. The molecule has 200 valence electrons. The summed E-state index contributed by atoms with van der Waals surface area (Å²) in [6.45, 7) is 11.7. The quantitative estimate of drug-likeness (QED) is 0.302. The zero-order valence-electron chi connectivity index (χ0n) is 22.6. The highest BCUT2D eigenvalue weighted by Gasteiger charge is 2.36. The van der Waals surface area contributed by atoms with Gasteiger partial charge in [0.25, 0.3) is 0 Å². The molecule has 0 radical (unpaired) electrons. The Morgan fingerprint density at radius 2 is 1.50 bits per heavy atom. The van der Waals surface area contributed by atoms with Gasteiger partial charge in [0.15, 0.2) is 0 Å². The van der Waals surface area contributed by atoms with Gasteiger partial charge < -0.3 is 15.0 Å². The van der Waals surface area contributed by atoms with Crippen LogP contribution in [0.5, 0.6) is 5.75 Å². The maximum Gasteiger partial charge on any atom is 0.232 e. The van der Waals surface area contributed by atoms with Crippen LogP contribution in [-0.2, 0) is 10.2 Å². The number of amides is 1. The third-order valence-corrected chi connectivity index (χ3v) is 7.66. The summed E-state index contributed by atoms with van der Waals surface area (Å²) in [5.74, 6) is 1.54. The van der Waals surface area contributed by atoms with Gasteiger partial charge in [0.1, 0.15) is 17.6 Å². The summed E-state index contributed by atoms with van der Waals surface area (Å²) in [6, 6.07) is 21.4. The van der Waals surface area contributed by atoms with Crippen molar-refractivity contribution in [3.63, 3.8) is 0 Å². The first kappa shape index (κ1) is 28.0. The van der Waals surface area contributed by atoms with Gasteiger partial charge in [-0.1, -0.05) is 53.5 Å². The number of ether oxygens (including phenoxy) is 1. The number of nitrogens with zero attached hydrogens (tertiary/aromatic N) is 2. The Bertz CT molecular complexity index is 1300. The molecule has 7 heteroatoms. The van der Waals surface area contributed by atoms with Gasteiger partial charge in [-0.15, -0.1) is 0 Å². The number of halogens is 2. The van der Waals surface area contributed by atoms with Crippen molar-refractivity contribution in [1.29, 1.82) is 0 Å². The number of carbonyl (C=O) groups is 1. The van der Waals surface area contributed by atoms with Crippen molar-refractivity contribution in [3.05, 3.63) is 99.0 Å². The van der Waals surface area contributed by atoms with Crippen LogP contribution in [0.1, 0.15) is 69.0 Å². The Balaban J connectivity index is 1.75. The Morgan fingerprint density at radius 1 is 0.921 bits per heavy atom. The zero-order valence-corrected chi connectivity index (χ0v) is 24.1. The standard InChI is InChI=1S/C31H35Cl2N3O2/c1-6-36(7-2)30(37)31(4,5)22-13-18-25(26(19-22)38-8-3)29-34-27(20-9-14-23(32)15-10-20)28(35-29)21-11-16-24(33)17-12-21/h9-19,27-28H,6-8H2,1-5H3,(H,34,35)/t27-,28+. The molecule has 3 aromatic carbocycles. The normalized spacial score (nSPS) is 17.1. The molecule has 1 aliphatic heterocycles. The predicted molar refractivity (Wildman–Crippen MR) is 157 cm³/mol. The van der Waals surface area contributed by atoms with E-state index in [1.807, 2.05) is 106 Å². The number of hydrogen-bond donors (Lipinski definition) is 1. The van der Waals surface area contributed by atoms with Crippen LogP contribution >= 0.6 is 23.2 Å². The lowest BCUT2D eigenvalue weighted by Crippen LogP contribution is -2.43. The molecule has 2 atom stereocenters. The van der Waals surface area contributed by atoms with Crippen LogP contribution < -0.4 is 10.1 Å². The Labute approximate surface area is 235 Å². The summed E-state index contributed by atoms with van der Waals surface area (Å²) in [5.41, 5.74) is 3.20. The fourth-order valence-corrected chi connectivity index (χ4v) is 5.15. The second kappa shape index (κ2) is 11.8. The molecule has 5 nitrogen and oxygen atoms in total. The van der Waals surface area contributed by atoms with Gasteiger partial charge in [0, 0.05) is 23.1 Å². The van der Waals surface area contributed by atoms with Crippen LogP contribution in [-0.4, -0.2) is 36.3 Å². The smallest absolute Gasteiger partial charge is 0.232 e. The molecule has 1 amide bonds. The molecular weight excluding hydrogens is 517 g/mol. The highest BCUT2D eigenvalue weighted by Crippen LogP contribution is 2.40. The summed E-state index contributed by atoms with van der Waals surface area (Å²) in [5, 5.41) is 5.01. The van der Waals surface area contributed by atoms with Gasteiger partial charge in [-0.05, 0) is 87.7 Å². The van der Waals surface area contributed by atoms with Gasteiger partial charge in [-0.25, -0.2) is 0 Å². The fraction of sp³-hybridized carbons (Fsp3) is 0.355. The topological polar surface area (TPSA) is 53.9 Å². The lowest BCUT2D eigenvalue weighted by molar-refractivity contribution is -0.135. The van der Waals surface area contributed by atoms with Crippen molar-refractivity contribution >= 4 is 34.9 Å².